The Bertz CT molecular complexity index is 402. The van der Waals surface area contributed by atoms with Crippen molar-refractivity contribution >= 4 is 33.7 Å². The minimum Gasteiger partial charge on any atom is -0.465 e. The standard InChI is InChI=1S/C11H12BrNO2/c1-4-8-9(11(14)15-3)5-7(12)6-10(8)13-2/h4-6,13H,1H2,2-3H3. The van der Waals surface area contributed by atoms with Gasteiger partial charge in [0.1, 0.15) is 0 Å². The highest BCUT2D eigenvalue weighted by atomic mass is 79.9. The second-order valence-electron chi connectivity index (χ2n) is 2.86. The maximum absolute atomic E-state index is 11.5. The summed E-state index contributed by atoms with van der Waals surface area (Å²) in [6.45, 7) is 3.68. The van der Waals surface area contributed by atoms with E-state index in [1.165, 1.54) is 7.11 Å². The highest BCUT2D eigenvalue weighted by Crippen LogP contribution is 2.27. The van der Waals surface area contributed by atoms with E-state index in [4.69, 9.17) is 4.74 Å². The molecule has 15 heavy (non-hydrogen) atoms. The Morgan fingerprint density at radius 3 is 2.73 bits per heavy atom. The molecule has 0 saturated heterocycles. The fourth-order valence-corrected chi connectivity index (χ4v) is 1.78. The lowest BCUT2D eigenvalue weighted by Gasteiger charge is -2.10. The first kappa shape index (κ1) is 11.8. The van der Waals surface area contributed by atoms with Crippen LogP contribution in [0.1, 0.15) is 15.9 Å². The van der Waals surface area contributed by atoms with Gasteiger partial charge in [0.15, 0.2) is 0 Å². The van der Waals surface area contributed by atoms with Crippen LogP contribution in [0.3, 0.4) is 0 Å². The number of rotatable bonds is 3. The van der Waals surface area contributed by atoms with E-state index >= 15 is 0 Å². The van der Waals surface area contributed by atoms with Crippen LogP contribution in [-0.4, -0.2) is 20.1 Å². The summed E-state index contributed by atoms with van der Waals surface area (Å²) in [5.74, 6) is -0.372. The first-order chi connectivity index (χ1) is 7.13. The molecule has 0 amide bonds. The topological polar surface area (TPSA) is 38.3 Å². The number of anilines is 1. The number of methoxy groups -OCH3 is 1. The Morgan fingerprint density at radius 1 is 1.60 bits per heavy atom. The number of ether oxygens (including phenoxy) is 1. The van der Waals surface area contributed by atoms with Crippen LogP contribution in [-0.2, 0) is 4.74 Å². The van der Waals surface area contributed by atoms with Gasteiger partial charge in [-0.05, 0) is 12.1 Å². The highest BCUT2D eigenvalue weighted by molar-refractivity contribution is 9.10. The van der Waals surface area contributed by atoms with Gasteiger partial charge >= 0.3 is 5.97 Å². The summed E-state index contributed by atoms with van der Waals surface area (Å²) in [5.41, 5.74) is 2.07. The first-order valence-corrected chi connectivity index (χ1v) is 5.15. The zero-order chi connectivity index (χ0) is 11.4. The van der Waals surface area contributed by atoms with E-state index in [-0.39, 0.29) is 5.97 Å². The van der Waals surface area contributed by atoms with Crippen molar-refractivity contribution in [3.63, 3.8) is 0 Å². The predicted molar refractivity (Wildman–Crippen MR) is 65.1 cm³/mol. The van der Waals surface area contributed by atoms with Crippen LogP contribution in [0.4, 0.5) is 5.69 Å². The summed E-state index contributed by atoms with van der Waals surface area (Å²) in [4.78, 5) is 11.5. The van der Waals surface area contributed by atoms with Gasteiger partial charge in [-0.2, -0.15) is 0 Å². The molecule has 3 nitrogen and oxygen atoms in total. The molecule has 0 bridgehead atoms. The second kappa shape index (κ2) is 4.98. The van der Waals surface area contributed by atoms with Crippen LogP contribution in [0, 0.1) is 0 Å². The average molecular weight is 270 g/mol. The number of hydrogen-bond donors (Lipinski definition) is 1. The van der Waals surface area contributed by atoms with Crippen molar-refractivity contribution in [2.75, 3.05) is 19.5 Å². The Kier molecular flexibility index (Phi) is 3.91. The molecule has 0 aliphatic heterocycles. The van der Waals surface area contributed by atoms with E-state index in [2.05, 4.69) is 27.8 Å². The Labute approximate surface area is 97.3 Å². The zero-order valence-corrected chi connectivity index (χ0v) is 10.2. The minimum atomic E-state index is -0.372. The van der Waals surface area contributed by atoms with Crippen molar-refractivity contribution in [3.05, 3.63) is 34.3 Å². The average Bonchev–Trinajstić information content (AvgIpc) is 2.26. The Morgan fingerprint density at radius 2 is 2.27 bits per heavy atom. The van der Waals surface area contributed by atoms with Gasteiger partial charge in [0.05, 0.1) is 12.7 Å². The molecule has 0 aliphatic rings. The molecule has 1 N–H and O–H groups in total. The molecule has 0 aromatic heterocycles. The maximum atomic E-state index is 11.5. The smallest absolute Gasteiger partial charge is 0.338 e. The fraction of sp³-hybridized carbons (Fsp3) is 0.182. The van der Waals surface area contributed by atoms with Crippen molar-refractivity contribution < 1.29 is 9.53 Å². The summed E-state index contributed by atoms with van der Waals surface area (Å²) in [6, 6.07) is 3.59. The molecule has 0 heterocycles. The summed E-state index contributed by atoms with van der Waals surface area (Å²) in [7, 11) is 3.14. The first-order valence-electron chi connectivity index (χ1n) is 4.36. The Hall–Kier alpha value is -1.29. The van der Waals surface area contributed by atoms with E-state index in [0.29, 0.717) is 5.56 Å². The van der Waals surface area contributed by atoms with E-state index in [0.717, 1.165) is 15.7 Å². The number of benzene rings is 1. The lowest BCUT2D eigenvalue weighted by Crippen LogP contribution is -2.06. The van der Waals surface area contributed by atoms with E-state index < -0.39 is 0 Å². The number of esters is 1. The molecule has 4 heteroatoms. The largest absolute Gasteiger partial charge is 0.465 e. The quantitative estimate of drug-likeness (QED) is 0.858. The van der Waals surface area contributed by atoms with Gasteiger partial charge in [-0.15, -0.1) is 0 Å². The molecule has 0 unspecified atom stereocenters. The lowest BCUT2D eigenvalue weighted by atomic mass is 10.1. The molecule has 1 rings (SSSR count). The van der Waals surface area contributed by atoms with Gasteiger partial charge in [0, 0.05) is 22.8 Å². The van der Waals surface area contributed by atoms with Crippen LogP contribution in [0.5, 0.6) is 0 Å². The van der Waals surface area contributed by atoms with Gasteiger partial charge in [0.25, 0.3) is 0 Å². The third-order valence-electron chi connectivity index (χ3n) is 2.02. The lowest BCUT2D eigenvalue weighted by molar-refractivity contribution is 0.0600. The van der Waals surface area contributed by atoms with Crippen LogP contribution in [0.15, 0.2) is 23.2 Å². The molecular weight excluding hydrogens is 258 g/mol. The van der Waals surface area contributed by atoms with Gasteiger partial charge in [0.2, 0.25) is 0 Å². The molecule has 80 valence electrons. The van der Waals surface area contributed by atoms with E-state index in [9.17, 15) is 4.79 Å². The van der Waals surface area contributed by atoms with Crippen molar-refractivity contribution in [3.8, 4) is 0 Å². The molecule has 0 fully saturated rings. The van der Waals surface area contributed by atoms with E-state index in [1.807, 2.05) is 6.07 Å². The summed E-state index contributed by atoms with van der Waals surface area (Å²) >= 11 is 3.33. The van der Waals surface area contributed by atoms with Crippen molar-refractivity contribution in [1.29, 1.82) is 0 Å². The summed E-state index contributed by atoms with van der Waals surface area (Å²) in [6.07, 6.45) is 1.63. The zero-order valence-electron chi connectivity index (χ0n) is 8.63. The number of hydrogen-bond acceptors (Lipinski definition) is 3. The molecule has 1 aromatic rings. The van der Waals surface area contributed by atoms with Crippen LogP contribution in [0.25, 0.3) is 6.08 Å². The second-order valence-corrected chi connectivity index (χ2v) is 3.78. The highest BCUT2D eigenvalue weighted by Gasteiger charge is 2.13. The molecule has 0 radical (unpaired) electrons. The monoisotopic (exact) mass is 269 g/mol. The van der Waals surface area contributed by atoms with Gasteiger partial charge in [-0.3, -0.25) is 0 Å². The molecule has 1 aromatic carbocycles. The third-order valence-corrected chi connectivity index (χ3v) is 2.48. The molecule has 0 spiro atoms. The summed E-state index contributed by atoms with van der Waals surface area (Å²) in [5, 5.41) is 3.00. The van der Waals surface area contributed by atoms with E-state index in [1.54, 1.807) is 19.2 Å². The number of carbonyl (C=O) groups is 1. The van der Waals surface area contributed by atoms with Crippen LogP contribution in [0.2, 0.25) is 0 Å². The normalized spacial score (nSPS) is 9.53. The molecule has 0 atom stereocenters. The SMILES string of the molecule is C=Cc1c(NC)cc(Br)cc1C(=O)OC. The Balaban J connectivity index is 3.41. The van der Waals surface area contributed by atoms with Crippen molar-refractivity contribution in [1.82, 2.24) is 0 Å². The molecule has 0 saturated carbocycles. The number of nitrogens with one attached hydrogen (secondary N) is 1. The predicted octanol–water partition coefficient (Wildman–Crippen LogP) is 2.92. The van der Waals surface area contributed by atoms with Gasteiger partial charge in [-0.1, -0.05) is 28.6 Å². The fourth-order valence-electron chi connectivity index (χ4n) is 1.32. The molecular formula is C11H12BrNO2. The third kappa shape index (κ3) is 2.39. The van der Waals surface area contributed by atoms with Crippen molar-refractivity contribution in [2.45, 2.75) is 0 Å². The van der Waals surface area contributed by atoms with Crippen LogP contribution >= 0.6 is 15.9 Å². The molecule has 0 aliphatic carbocycles. The minimum absolute atomic E-state index is 0.372. The number of halogens is 1. The van der Waals surface area contributed by atoms with Crippen LogP contribution < -0.4 is 5.32 Å². The maximum Gasteiger partial charge on any atom is 0.338 e. The van der Waals surface area contributed by atoms with Gasteiger partial charge < -0.3 is 10.1 Å². The van der Waals surface area contributed by atoms with Gasteiger partial charge in [-0.25, -0.2) is 4.79 Å². The summed E-state index contributed by atoms with van der Waals surface area (Å²) < 4.78 is 5.52. The number of carbonyl (C=O) groups excluding carboxylic acids is 1. The van der Waals surface area contributed by atoms with Crippen molar-refractivity contribution in [2.24, 2.45) is 0 Å².